The Balaban J connectivity index is 0.816. The molecule has 0 unspecified atom stereocenters. The molecule has 0 spiro atoms. The quantitative estimate of drug-likeness (QED) is 0.0466. The number of aromatic nitrogens is 8. The van der Waals surface area contributed by atoms with Crippen molar-refractivity contribution in [2.45, 2.75) is 66.8 Å². The predicted octanol–water partition coefficient (Wildman–Crippen LogP) is 9.32. The molecule has 19 heteroatoms. The van der Waals surface area contributed by atoms with Gasteiger partial charge in [-0.25, -0.2) is 34.3 Å². The number of benzene rings is 7. The van der Waals surface area contributed by atoms with Gasteiger partial charge in [-0.1, -0.05) is 188 Å². The van der Waals surface area contributed by atoms with Crippen LogP contribution in [0.25, 0.3) is 33.5 Å². The number of imidazole rings is 2. The second kappa shape index (κ2) is 23.4. The fourth-order valence-corrected chi connectivity index (χ4v) is 12.1. The van der Waals surface area contributed by atoms with Crippen LogP contribution in [-0.2, 0) is 36.7 Å². The zero-order valence-corrected chi connectivity index (χ0v) is 46.5. The Bertz CT molecular complexity index is 4020. The summed E-state index contributed by atoms with van der Waals surface area (Å²) in [7, 11) is 1.83. The van der Waals surface area contributed by atoms with Crippen LogP contribution in [0.2, 0.25) is 5.15 Å². The van der Waals surface area contributed by atoms with Gasteiger partial charge >= 0.3 is 0 Å². The molecule has 0 saturated carbocycles. The van der Waals surface area contributed by atoms with Gasteiger partial charge in [-0.05, 0) is 68.3 Å². The van der Waals surface area contributed by atoms with Crippen molar-refractivity contribution >= 4 is 39.7 Å². The van der Waals surface area contributed by atoms with Crippen molar-refractivity contribution in [2.24, 2.45) is 0 Å². The Kier molecular flexibility index (Phi) is 15.3. The van der Waals surface area contributed by atoms with Crippen molar-refractivity contribution in [3.63, 3.8) is 0 Å². The van der Waals surface area contributed by atoms with Crippen LogP contribution in [0.5, 0.6) is 0 Å². The largest absolute Gasteiger partial charge is 0.387 e. The molecule has 8 atom stereocenters. The summed E-state index contributed by atoms with van der Waals surface area (Å²) in [5, 5.41) is 46.8. The first-order valence-electron chi connectivity index (χ1n) is 27.7. The molecule has 13 rings (SSSR count). The Morgan fingerprint density at radius 2 is 0.953 bits per heavy atom. The maximum absolute atomic E-state index is 14.1. The van der Waals surface area contributed by atoms with Crippen LogP contribution in [0.1, 0.15) is 51.4 Å². The third-order valence-corrected chi connectivity index (χ3v) is 16.4. The number of aliphatic hydroxyl groups is 4. The molecule has 11 aromatic rings. The van der Waals surface area contributed by atoms with Crippen molar-refractivity contribution < 1.29 is 43.8 Å². The van der Waals surface area contributed by atoms with Gasteiger partial charge in [-0.15, -0.1) is 0 Å². The number of ether oxygens (including phenoxy) is 4. The lowest BCUT2D eigenvalue weighted by atomic mass is 9.78. The maximum atomic E-state index is 14.1. The van der Waals surface area contributed by atoms with Gasteiger partial charge in [0.2, 0.25) is 0 Å². The van der Waals surface area contributed by atoms with E-state index < -0.39 is 60.3 Å². The number of anilines is 1. The minimum absolute atomic E-state index is 0.136. The number of hydrogen-bond acceptors (Lipinski definition) is 15. The van der Waals surface area contributed by atoms with Crippen LogP contribution in [-0.4, -0.2) is 116 Å². The van der Waals surface area contributed by atoms with Gasteiger partial charge in [0.1, 0.15) is 71.8 Å². The first-order chi connectivity index (χ1) is 41.5. The first-order valence-corrected chi connectivity index (χ1v) is 28.1. The normalized spacial score (nSPS) is 20.8. The van der Waals surface area contributed by atoms with Crippen molar-refractivity contribution in [3.05, 3.63) is 269 Å². The lowest BCUT2D eigenvalue weighted by Gasteiger charge is -2.37. The average Bonchev–Trinajstić information content (AvgIpc) is 3.66. The summed E-state index contributed by atoms with van der Waals surface area (Å²) in [6.07, 6.45) is -3.97. The highest BCUT2D eigenvalue weighted by Gasteiger charge is 2.49. The zero-order chi connectivity index (χ0) is 58.2. The van der Waals surface area contributed by atoms with Gasteiger partial charge in [-0.3, -0.25) is 9.13 Å². The van der Waals surface area contributed by atoms with E-state index in [4.69, 9.17) is 30.5 Å². The third-order valence-electron chi connectivity index (χ3n) is 16.1. The van der Waals surface area contributed by atoms with Crippen molar-refractivity contribution in [1.82, 2.24) is 39.0 Å². The van der Waals surface area contributed by atoms with E-state index in [9.17, 15) is 24.8 Å². The average molecular weight is 1160 g/mol. The monoisotopic (exact) mass is 1160 g/mol. The molecule has 2 saturated heterocycles. The van der Waals surface area contributed by atoms with E-state index in [1.54, 1.807) is 10.6 Å². The SMILES string of the molecule is CN(Cc1cccc(F)c1)c1ncnc2c1ncn2[C@@H]1O[C@H](COC(c2ccccc2)(c2ccccc2)c2cccc(-c3ccc(C(OC[C@H]4O[C@@H](n5cnc6c(Cl)ncnc65)[C@H](O)[C@@H]4O)(c4ccccc4)c4ccccc4)cc3)c2)[C@@H](O)[C@H]1O. The summed E-state index contributed by atoms with van der Waals surface area (Å²) in [6, 6.07) is 62.1. The summed E-state index contributed by atoms with van der Waals surface area (Å²) >= 11 is 6.32. The fourth-order valence-electron chi connectivity index (χ4n) is 11.9. The number of aliphatic hydroxyl groups excluding tert-OH is 4. The lowest BCUT2D eigenvalue weighted by Crippen LogP contribution is -2.39. The fraction of sp³-hybridized carbons (Fsp3) is 0.212. The molecule has 0 radical (unpaired) electrons. The summed E-state index contributed by atoms with van der Waals surface area (Å²) in [5.74, 6) is 0.148. The summed E-state index contributed by atoms with van der Waals surface area (Å²) < 4.78 is 44.7. The Hall–Kier alpha value is -8.66. The van der Waals surface area contributed by atoms with Crippen LogP contribution in [0.3, 0.4) is 0 Å². The van der Waals surface area contributed by atoms with E-state index >= 15 is 0 Å². The maximum Gasteiger partial charge on any atom is 0.167 e. The molecule has 2 aliphatic heterocycles. The van der Waals surface area contributed by atoms with Crippen molar-refractivity contribution in [3.8, 4) is 11.1 Å². The minimum Gasteiger partial charge on any atom is -0.387 e. The second-order valence-electron chi connectivity index (χ2n) is 21.2. The van der Waals surface area contributed by atoms with E-state index in [1.165, 1.54) is 42.0 Å². The van der Waals surface area contributed by atoms with E-state index in [-0.39, 0.29) is 24.2 Å². The molecule has 4 aromatic heterocycles. The zero-order valence-electron chi connectivity index (χ0n) is 45.7. The second-order valence-corrected chi connectivity index (χ2v) is 21.6. The Labute approximate surface area is 492 Å². The van der Waals surface area contributed by atoms with Crippen molar-refractivity contribution in [2.75, 3.05) is 25.2 Å². The first kappa shape index (κ1) is 55.5. The lowest BCUT2D eigenvalue weighted by molar-refractivity contribution is -0.0942. The molecule has 428 valence electrons. The highest BCUT2D eigenvalue weighted by molar-refractivity contribution is 6.33. The van der Waals surface area contributed by atoms with Gasteiger partial charge in [0.15, 0.2) is 40.2 Å². The van der Waals surface area contributed by atoms with Gasteiger partial charge in [0.25, 0.3) is 0 Å². The van der Waals surface area contributed by atoms with Gasteiger partial charge in [0, 0.05) is 13.6 Å². The van der Waals surface area contributed by atoms with Crippen molar-refractivity contribution in [1.29, 1.82) is 0 Å². The third kappa shape index (κ3) is 10.2. The molecule has 17 nitrogen and oxygen atoms in total. The van der Waals surface area contributed by atoms with Crippen LogP contribution in [0.15, 0.2) is 219 Å². The smallest absolute Gasteiger partial charge is 0.167 e. The standard InChI is InChI=1S/C66H57ClFN9O8/c1-75(34-41-16-14-27-50(68)32-41)60-54-62(72-38-70-60)77(40-74-54)64-58(81)56(79)52(85-64)36-83-66(46-22-10-4-11-23-46,47-24-12-5-13-25-47)49-26-15-17-43(33-49)42-28-30-48(31-29-42)65(44-18-6-2-7-19-44,45-20-8-3-9-21-45)82-35-51-55(78)57(80)63(84-51)76-39-73-53-59(67)69-37-71-61(53)76/h2-33,37-40,51-52,55-58,63-64,78-81H,34-36H2,1H3/t51-,52-,55-,56-,57-,58-,63-,64-/m1/s1. The van der Waals surface area contributed by atoms with Gasteiger partial charge in [-0.2, -0.15) is 0 Å². The molecular weight excluding hydrogens is 1100 g/mol. The molecule has 2 aliphatic rings. The molecule has 7 aromatic carbocycles. The van der Waals surface area contributed by atoms with E-state index in [1.807, 2.05) is 182 Å². The van der Waals surface area contributed by atoms with Gasteiger partial charge < -0.3 is 44.3 Å². The molecular formula is C66H57ClFN9O8. The highest BCUT2D eigenvalue weighted by atomic mass is 35.5. The number of hydrogen-bond donors (Lipinski definition) is 4. The molecule has 2 fully saturated rings. The molecule has 0 bridgehead atoms. The van der Waals surface area contributed by atoms with E-state index in [2.05, 4.69) is 36.0 Å². The van der Waals surface area contributed by atoms with Crippen LogP contribution < -0.4 is 4.90 Å². The predicted molar refractivity (Wildman–Crippen MR) is 315 cm³/mol. The molecule has 6 heterocycles. The van der Waals surface area contributed by atoms with Crippen LogP contribution in [0.4, 0.5) is 10.2 Å². The van der Waals surface area contributed by atoms with Gasteiger partial charge in [0.05, 0.1) is 25.9 Å². The number of halogens is 2. The molecule has 4 N–H and O–H groups in total. The summed E-state index contributed by atoms with van der Waals surface area (Å²) in [5.41, 5.74) is 6.28. The number of nitrogens with zero attached hydrogens (tertiary/aromatic N) is 9. The summed E-state index contributed by atoms with van der Waals surface area (Å²) in [4.78, 5) is 28.2. The Morgan fingerprint density at radius 3 is 1.48 bits per heavy atom. The summed E-state index contributed by atoms with van der Waals surface area (Å²) in [6.45, 7) is 0.0502. The number of fused-ring (bicyclic) bond motifs is 2. The number of rotatable bonds is 18. The Morgan fingerprint density at radius 1 is 0.494 bits per heavy atom. The van der Waals surface area contributed by atoms with Crippen LogP contribution >= 0.6 is 11.6 Å². The minimum atomic E-state index is -1.40. The molecule has 85 heavy (non-hydrogen) atoms. The molecule has 0 aliphatic carbocycles. The van der Waals surface area contributed by atoms with E-state index in [0.29, 0.717) is 34.7 Å². The topological polar surface area (TPSA) is 208 Å². The molecule has 0 amide bonds. The van der Waals surface area contributed by atoms with Crippen LogP contribution in [0, 0.1) is 5.82 Å². The highest BCUT2D eigenvalue weighted by Crippen LogP contribution is 2.46. The van der Waals surface area contributed by atoms with E-state index in [0.717, 1.165) is 50.1 Å².